The van der Waals surface area contributed by atoms with Crippen LogP contribution in [-0.2, 0) is 0 Å². The zero-order chi connectivity index (χ0) is 17.8. The third-order valence-corrected chi connectivity index (χ3v) is 4.98. The van der Waals surface area contributed by atoms with Gasteiger partial charge in [-0.2, -0.15) is 0 Å². The molecule has 0 unspecified atom stereocenters. The van der Waals surface area contributed by atoms with Crippen molar-refractivity contribution in [3.8, 4) is 0 Å². The van der Waals surface area contributed by atoms with Crippen molar-refractivity contribution in [1.82, 2.24) is 25.2 Å². The van der Waals surface area contributed by atoms with Crippen LogP contribution in [0, 0.1) is 5.92 Å². The SMILES string of the molecule is CC(C)N1CCC(CCNC(=O)c2cc3c(=O)[nH]cnc3cn2)CC1. The highest BCUT2D eigenvalue weighted by molar-refractivity contribution is 5.95. The lowest BCUT2D eigenvalue weighted by molar-refractivity contribution is 0.0941. The number of nitrogens with zero attached hydrogens (tertiary/aromatic N) is 3. The molecule has 3 heterocycles. The predicted octanol–water partition coefficient (Wildman–Crippen LogP) is 1.56. The van der Waals surface area contributed by atoms with Crippen LogP contribution in [0.15, 0.2) is 23.4 Å². The number of rotatable bonds is 5. The Morgan fingerprint density at radius 3 is 2.84 bits per heavy atom. The highest BCUT2D eigenvalue weighted by atomic mass is 16.2. The second-order valence-corrected chi connectivity index (χ2v) is 6.94. The molecule has 7 nitrogen and oxygen atoms in total. The molecule has 134 valence electrons. The van der Waals surface area contributed by atoms with E-state index in [1.54, 1.807) is 0 Å². The van der Waals surface area contributed by atoms with Crippen molar-refractivity contribution in [3.63, 3.8) is 0 Å². The van der Waals surface area contributed by atoms with E-state index < -0.39 is 0 Å². The van der Waals surface area contributed by atoms with Crippen molar-refractivity contribution in [2.24, 2.45) is 5.92 Å². The zero-order valence-electron chi connectivity index (χ0n) is 14.8. The standard InChI is InChI=1S/C18H25N5O2/c1-12(2)23-7-4-13(5-8-23)3-6-19-18(25)15-9-14-16(10-20-15)21-11-22-17(14)24/h9-13H,3-8H2,1-2H3,(H,19,25)(H,21,22,24). The summed E-state index contributed by atoms with van der Waals surface area (Å²) >= 11 is 0. The first kappa shape index (κ1) is 17.5. The summed E-state index contributed by atoms with van der Waals surface area (Å²) in [4.78, 5) is 37.2. The Balaban J connectivity index is 1.52. The van der Waals surface area contributed by atoms with Gasteiger partial charge in [0.2, 0.25) is 0 Å². The Labute approximate surface area is 146 Å². The second-order valence-electron chi connectivity index (χ2n) is 6.94. The molecule has 0 radical (unpaired) electrons. The first-order chi connectivity index (χ1) is 12.0. The van der Waals surface area contributed by atoms with Gasteiger partial charge in [-0.15, -0.1) is 0 Å². The van der Waals surface area contributed by atoms with Crippen LogP contribution in [0.5, 0.6) is 0 Å². The largest absolute Gasteiger partial charge is 0.351 e. The summed E-state index contributed by atoms with van der Waals surface area (Å²) in [5.74, 6) is 0.414. The van der Waals surface area contributed by atoms with Gasteiger partial charge in [-0.25, -0.2) is 9.97 Å². The van der Waals surface area contributed by atoms with E-state index in [9.17, 15) is 9.59 Å². The molecule has 7 heteroatoms. The van der Waals surface area contributed by atoms with Crippen LogP contribution in [0.2, 0.25) is 0 Å². The number of hydrogen-bond donors (Lipinski definition) is 2. The summed E-state index contributed by atoms with van der Waals surface area (Å²) in [5.41, 5.74) is 0.469. The molecular weight excluding hydrogens is 318 g/mol. The van der Waals surface area contributed by atoms with Gasteiger partial charge < -0.3 is 15.2 Å². The molecule has 25 heavy (non-hydrogen) atoms. The normalized spacial score (nSPS) is 16.4. The fourth-order valence-electron chi connectivity index (χ4n) is 3.33. The van der Waals surface area contributed by atoms with E-state index in [1.165, 1.54) is 31.4 Å². The molecule has 1 saturated heterocycles. The van der Waals surface area contributed by atoms with E-state index in [0.717, 1.165) is 19.5 Å². The molecule has 2 aromatic heterocycles. The average molecular weight is 343 g/mol. The van der Waals surface area contributed by atoms with Gasteiger partial charge in [0.1, 0.15) is 5.69 Å². The molecule has 1 fully saturated rings. The number of H-pyrrole nitrogens is 1. The van der Waals surface area contributed by atoms with Crippen LogP contribution >= 0.6 is 0 Å². The van der Waals surface area contributed by atoms with Gasteiger partial charge in [0, 0.05) is 12.6 Å². The zero-order valence-corrected chi connectivity index (χ0v) is 14.8. The maximum atomic E-state index is 12.3. The number of likely N-dealkylation sites (tertiary alicyclic amines) is 1. The van der Waals surface area contributed by atoms with Crippen LogP contribution < -0.4 is 10.9 Å². The molecule has 0 atom stereocenters. The number of hydrogen-bond acceptors (Lipinski definition) is 5. The minimum absolute atomic E-state index is 0.246. The predicted molar refractivity (Wildman–Crippen MR) is 96.5 cm³/mol. The lowest BCUT2D eigenvalue weighted by Crippen LogP contribution is -2.39. The van der Waals surface area contributed by atoms with Gasteiger partial charge in [-0.05, 0) is 58.2 Å². The number of fused-ring (bicyclic) bond motifs is 1. The Hall–Kier alpha value is -2.28. The Morgan fingerprint density at radius 2 is 2.12 bits per heavy atom. The number of nitrogens with one attached hydrogen (secondary N) is 2. The summed E-state index contributed by atoms with van der Waals surface area (Å²) < 4.78 is 0. The van der Waals surface area contributed by atoms with Crippen molar-refractivity contribution >= 4 is 16.8 Å². The number of piperidine rings is 1. The third-order valence-electron chi connectivity index (χ3n) is 4.98. The highest BCUT2D eigenvalue weighted by Gasteiger charge is 2.20. The van der Waals surface area contributed by atoms with Crippen molar-refractivity contribution in [1.29, 1.82) is 0 Å². The van der Waals surface area contributed by atoms with E-state index in [-0.39, 0.29) is 17.2 Å². The third kappa shape index (κ3) is 4.22. The number of amides is 1. The summed E-state index contributed by atoms with van der Waals surface area (Å²) in [5, 5.41) is 3.30. The topological polar surface area (TPSA) is 91.0 Å². The van der Waals surface area contributed by atoms with E-state index >= 15 is 0 Å². The fourth-order valence-corrected chi connectivity index (χ4v) is 3.33. The minimum atomic E-state index is -0.265. The van der Waals surface area contributed by atoms with Crippen LogP contribution in [0.1, 0.15) is 43.6 Å². The number of aromatic nitrogens is 3. The molecule has 0 aliphatic carbocycles. The van der Waals surface area contributed by atoms with Gasteiger partial charge in [0.15, 0.2) is 0 Å². The molecule has 1 amide bonds. The minimum Gasteiger partial charge on any atom is -0.351 e. The van der Waals surface area contributed by atoms with E-state index in [1.807, 2.05) is 0 Å². The smallest absolute Gasteiger partial charge is 0.269 e. The Morgan fingerprint density at radius 1 is 1.36 bits per heavy atom. The van der Waals surface area contributed by atoms with E-state index in [0.29, 0.717) is 29.4 Å². The lowest BCUT2D eigenvalue weighted by Gasteiger charge is -2.34. The van der Waals surface area contributed by atoms with E-state index in [4.69, 9.17) is 0 Å². The van der Waals surface area contributed by atoms with Crippen molar-refractivity contribution in [3.05, 3.63) is 34.6 Å². The first-order valence-electron chi connectivity index (χ1n) is 8.90. The van der Waals surface area contributed by atoms with Crippen LogP contribution in [0.3, 0.4) is 0 Å². The second kappa shape index (κ2) is 7.74. The monoisotopic (exact) mass is 343 g/mol. The molecule has 0 aromatic carbocycles. The van der Waals surface area contributed by atoms with Gasteiger partial charge in [-0.1, -0.05) is 0 Å². The average Bonchev–Trinajstić information content (AvgIpc) is 2.62. The van der Waals surface area contributed by atoms with Crippen molar-refractivity contribution in [2.45, 2.75) is 39.2 Å². The van der Waals surface area contributed by atoms with E-state index in [2.05, 4.69) is 39.0 Å². The van der Waals surface area contributed by atoms with Crippen molar-refractivity contribution in [2.75, 3.05) is 19.6 Å². The molecule has 2 N–H and O–H groups in total. The van der Waals surface area contributed by atoms with Crippen LogP contribution in [-0.4, -0.2) is 51.4 Å². The summed E-state index contributed by atoms with van der Waals surface area (Å²) in [6.07, 6.45) is 6.14. The highest BCUT2D eigenvalue weighted by Crippen LogP contribution is 2.21. The molecule has 0 saturated carbocycles. The van der Waals surface area contributed by atoms with Crippen LogP contribution in [0.25, 0.3) is 10.9 Å². The first-order valence-corrected chi connectivity index (χ1v) is 8.90. The molecule has 1 aliphatic heterocycles. The van der Waals surface area contributed by atoms with Gasteiger partial charge >= 0.3 is 0 Å². The van der Waals surface area contributed by atoms with Gasteiger partial charge in [0.05, 0.1) is 23.4 Å². The number of carbonyl (C=O) groups is 1. The Kier molecular flexibility index (Phi) is 5.43. The maximum Gasteiger partial charge on any atom is 0.269 e. The number of aromatic amines is 1. The molecule has 0 bridgehead atoms. The number of carbonyl (C=O) groups excluding carboxylic acids is 1. The summed E-state index contributed by atoms with van der Waals surface area (Å²) in [6, 6.07) is 2.11. The molecule has 2 aromatic rings. The van der Waals surface area contributed by atoms with Crippen molar-refractivity contribution < 1.29 is 4.79 Å². The summed E-state index contributed by atoms with van der Waals surface area (Å²) in [7, 11) is 0. The number of pyridine rings is 1. The summed E-state index contributed by atoms with van der Waals surface area (Å²) in [6.45, 7) is 7.38. The van der Waals surface area contributed by atoms with Gasteiger partial charge in [0.25, 0.3) is 11.5 Å². The van der Waals surface area contributed by atoms with Gasteiger partial charge in [-0.3, -0.25) is 9.59 Å². The Bertz CT molecular complexity index is 793. The lowest BCUT2D eigenvalue weighted by atomic mass is 9.93. The molecule has 0 spiro atoms. The quantitative estimate of drug-likeness (QED) is 0.860. The molecule has 1 aliphatic rings. The molecule has 3 rings (SSSR count). The maximum absolute atomic E-state index is 12.3. The van der Waals surface area contributed by atoms with Crippen LogP contribution in [0.4, 0.5) is 0 Å². The molecular formula is C18H25N5O2. The fraction of sp³-hybridized carbons (Fsp3) is 0.556.